The predicted molar refractivity (Wildman–Crippen MR) is 70.9 cm³/mol. The smallest absolute Gasteiger partial charge is 0.341 e. The van der Waals surface area contributed by atoms with Gasteiger partial charge in [0.1, 0.15) is 11.4 Å². The summed E-state index contributed by atoms with van der Waals surface area (Å²) >= 11 is 0. The Morgan fingerprint density at radius 1 is 1.58 bits per heavy atom. The van der Waals surface area contributed by atoms with Gasteiger partial charge < -0.3 is 10.1 Å². The summed E-state index contributed by atoms with van der Waals surface area (Å²) in [5, 5.41) is 3.01. The molecule has 1 fully saturated rings. The summed E-state index contributed by atoms with van der Waals surface area (Å²) in [6.07, 6.45) is 2.08. The van der Waals surface area contributed by atoms with Crippen LogP contribution >= 0.6 is 0 Å². The van der Waals surface area contributed by atoms with Gasteiger partial charge >= 0.3 is 5.97 Å². The second kappa shape index (κ2) is 5.56. The van der Waals surface area contributed by atoms with Crippen LogP contribution in [0.3, 0.4) is 0 Å². The molecule has 1 aromatic rings. The van der Waals surface area contributed by atoms with Crippen molar-refractivity contribution < 1.29 is 17.9 Å². The van der Waals surface area contributed by atoms with Crippen molar-refractivity contribution in [3.63, 3.8) is 0 Å². The average Bonchev–Trinajstić information content (AvgIpc) is 2.69. The average molecular weight is 284 g/mol. The second-order valence-corrected chi connectivity index (χ2v) is 6.59. The topological polar surface area (TPSA) is 85.4 Å². The van der Waals surface area contributed by atoms with Gasteiger partial charge in [-0.15, -0.1) is 0 Å². The van der Waals surface area contributed by atoms with Gasteiger partial charge in [-0.25, -0.2) is 18.2 Å². The maximum absolute atomic E-state index is 11.7. The van der Waals surface area contributed by atoms with Gasteiger partial charge in [0.25, 0.3) is 0 Å². The summed E-state index contributed by atoms with van der Waals surface area (Å²) in [4.78, 5) is 15.8. The Kier molecular flexibility index (Phi) is 4.04. The molecule has 1 aliphatic heterocycles. The minimum Gasteiger partial charge on any atom is -0.462 e. The first-order chi connectivity index (χ1) is 9.02. The lowest BCUT2D eigenvalue weighted by Gasteiger charge is -2.14. The Balaban J connectivity index is 2.14. The minimum atomic E-state index is -2.97. The molecule has 1 aliphatic rings. The van der Waals surface area contributed by atoms with Crippen LogP contribution < -0.4 is 5.32 Å². The summed E-state index contributed by atoms with van der Waals surface area (Å²) in [5.74, 6) is 0.167. The summed E-state index contributed by atoms with van der Waals surface area (Å²) < 4.78 is 27.7. The van der Waals surface area contributed by atoms with Crippen molar-refractivity contribution in [2.75, 3.05) is 23.4 Å². The van der Waals surface area contributed by atoms with Gasteiger partial charge in [0, 0.05) is 12.2 Å². The second-order valence-electron chi connectivity index (χ2n) is 4.36. The quantitative estimate of drug-likeness (QED) is 0.825. The number of carbonyl (C=O) groups excluding carboxylic acids is 1. The van der Waals surface area contributed by atoms with Crippen molar-refractivity contribution in [3.8, 4) is 0 Å². The highest BCUT2D eigenvalue weighted by molar-refractivity contribution is 7.91. The molecule has 2 rings (SSSR count). The predicted octanol–water partition coefficient (Wildman–Crippen LogP) is 0.857. The molecule has 104 valence electrons. The van der Waals surface area contributed by atoms with Gasteiger partial charge in [0.05, 0.1) is 18.1 Å². The van der Waals surface area contributed by atoms with E-state index in [0.717, 1.165) is 0 Å². The molecule has 1 N–H and O–H groups in total. The number of hydrogen-bond donors (Lipinski definition) is 1. The highest BCUT2D eigenvalue weighted by atomic mass is 32.2. The third-order valence-electron chi connectivity index (χ3n) is 2.88. The SMILES string of the molecule is CCOC(=O)c1cccnc1NC1CCS(=O)(=O)C1. The Morgan fingerprint density at radius 3 is 3.00 bits per heavy atom. The number of hydrogen-bond acceptors (Lipinski definition) is 6. The minimum absolute atomic E-state index is 0.0752. The van der Waals surface area contributed by atoms with E-state index in [1.165, 1.54) is 0 Å². The largest absolute Gasteiger partial charge is 0.462 e. The molecule has 19 heavy (non-hydrogen) atoms. The zero-order valence-electron chi connectivity index (χ0n) is 10.6. The molecule has 2 heterocycles. The maximum atomic E-state index is 11.7. The van der Waals surface area contributed by atoms with Crippen molar-refractivity contribution in [2.45, 2.75) is 19.4 Å². The molecule has 6 nitrogen and oxygen atoms in total. The Bertz CT molecular complexity index is 571. The Morgan fingerprint density at radius 2 is 2.37 bits per heavy atom. The van der Waals surface area contributed by atoms with Crippen molar-refractivity contribution in [2.24, 2.45) is 0 Å². The number of sulfone groups is 1. The Hall–Kier alpha value is -1.63. The summed E-state index contributed by atoms with van der Waals surface area (Å²) in [5.41, 5.74) is 0.327. The van der Waals surface area contributed by atoms with Crippen LogP contribution in [0, 0.1) is 0 Å². The molecule has 1 aromatic heterocycles. The number of esters is 1. The van der Waals surface area contributed by atoms with E-state index >= 15 is 0 Å². The van der Waals surface area contributed by atoms with Crippen LogP contribution in [-0.4, -0.2) is 43.5 Å². The van der Waals surface area contributed by atoms with Crippen LogP contribution in [0.15, 0.2) is 18.3 Å². The van der Waals surface area contributed by atoms with E-state index in [2.05, 4.69) is 10.3 Å². The summed E-state index contributed by atoms with van der Waals surface area (Å²) in [6.45, 7) is 2.01. The molecular weight excluding hydrogens is 268 g/mol. The summed E-state index contributed by atoms with van der Waals surface area (Å²) in [6, 6.07) is 3.05. The number of carbonyl (C=O) groups is 1. The van der Waals surface area contributed by atoms with E-state index in [4.69, 9.17) is 4.74 Å². The van der Waals surface area contributed by atoms with Crippen LogP contribution in [0.4, 0.5) is 5.82 Å². The third-order valence-corrected chi connectivity index (χ3v) is 4.64. The van der Waals surface area contributed by atoms with Gasteiger partial charge in [0.2, 0.25) is 0 Å². The zero-order valence-corrected chi connectivity index (χ0v) is 11.4. The van der Waals surface area contributed by atoms with E-state index in [0.29, 0.717) is 17.8 Å². The van der Waals surface area contributed by atoms with Crippen LogP contribution in [0.2, 0.25) is 0 Å². The summed E-state index contributed by atoms with van der Waals surface area (Å²) in [7, 11) is -2.97. The molecule has 0 radical (unpaired) electrons. The molecule has 1 unspecified atom stereocenters. The van der Waals surface area contributed by atoms with Crippen LogP contribution in [0.25, 0.3) is 0 Å². The van der Waals surface area contributed by atoms with Crippen LogP contribution in [0.5, 0.6) is 0 Å². The van der Waals surface area contributed by atoms with Gasteiger partial charge in [-0.3, -0.25) is 0 Å². The number of aromatic nitrogens is 1. The molecule has 0 aromatic carbocycles. The molecule has 1 atom stereocenters. The van der Waals surface area contributed by atoms with E-state index < -0.39 is 15.8 Å². The normalized spacial score (nSPS) is 21.0. The molecule has 7 heteroatoms. The van der Waals surface area contributed by atoms with Crippen LogP contribution in [0.1, 0.15) is 23.7 Å². The van der Waals surface area contributed by atoms with E-state index in [1.54, 1.807) is 25.3 Å². The molecule has 0 spiro atoms. The van der Waals surface area contributed by atoms with Crippen molar-refractivity contribution in [3.05, 3.63) is 23.9 Å². The Labute approximate surface area is 112 Å². The number of rotatable bonds is 4. The number of pyridine rings is 1. The number of nitrogens with one attached hydrogen (secondary N) is 1. The van der Waals surface area contributed by atoms with Gasteiger partial charge in [-0.2, -0.15) is 0 Å². The fourth-order valence-corrected chi connectivity index (χ4v) is 3.67. The molecular formula is C12H16N2O4S. The van der Waals surface area contributed by atoms with Crippen LogP contribution in [-0.2, 0) is 14.6 Å². The number of nitrogens with zero attached hydrogens (tertiary/aromatic N) is 1. The lowest BCUT2D eigenvalue weighted by Crippen LogP contribution is -2.23. The fraction of sp³-hybridized carbons (Fsp3) is 0.500. The maximum Gasteiger partial charge on any atom is 0.341 e. The monoisotopic (exact) mass is 284 g/mol. The molecule has 0 aliphatic carbocycles. The van der Waals surface area contributed by atoms with E-state index in [1.807, 2.05) is 0 Å². The zero-order chi connectivity index (χ0) is 13.9. The highest BCUT2D eigenvalue weighted by Gasteiger charge is 2.29. The first-order valence-electron chi connectivity index (χ1n) is 6.11. The molecule has 0 bridgehead atoms. The lowest BCUT2D eigenvalue weighted by atomic mass is 10.2. The van der Waals surface area contributed by atoms with Crippen molar-refractivity contribution in [1.29, 1.82) is 0 Å². The molecule has 0 saturated carbocycles. The van der Waals surface area contributed by atoms with E-state index in [9.17, 15) is 13.2 Å². The van der Waals surface area contributed by atoms with Gasteiger partial charge in [-0.1, -0.05) is 0 Å². The van der Waals surface area contributed by atoms with Crippen molar-refractivity contribution >= 4 is 21.6 Å². The standard InChI is InChI=1S/C12H16N2O4S/c1-2-18-12(15)10-4-3-6-13-11(10)14-9-5-7-19(16,17)8-9/h3-4,6,9H,2,5,7-8H2,1H3,(H,13,14). The molecule has 1 saturated heterocycles. The van der Waals surface area contributed by atoms with Gasteiger partial charge in [-0.05, 0) is 25.5 Å². The fourth-order valence-electron chi connectivity index (χ4n) is 2.00. The highest BCUT2D eigenvalue weighted by Crippen LogP contribution is 2.19. The lowest BCUT2D eigenvalue weighted by molar-refractivity contribution is 0.0527. The number of anilines is 1. The first kappa shape index (κ1) is 13.8. The van der Waals surface area contributed by atoms with Crippen molar-refractivity contribution in [1.82, 2.24) is 4.98 Å². The number of ether oxygens (including phenoxy) is 1. The van der Waals surface area contributed by atoms with Gasteiger partial charge in [0.15, 0.2) is 9.84 Å². The van der Waals surface area contributed by atoms with E-state index in [-0.39, 0.29) is 24.2 Å². The first-order valence-corrected chi connectivity index (χ1v) is 7.93. The molecule has 0 amide bonds. The third kappa shape index (κ3) is 3.44.